The summed E-state index contributed by atoms with van der Waals surface area (Å²) in [6.45, 7) is 5.33. The van der Waals surface area contributed by atoms with Gasteiger partial charge in [0.25, 0.3) is 0 Å². The molecule has 0 aliphatic carbocycles. The molecule has 1 aliphatic heterocycles. The molecule has 3 heterocycles. The molecule has 32 heavy (non-hydrogen) atoms. The van der Waals surface area contributed by atoms with Crippen molar-refractivity contribution in [2.45, 2.75) is 31.8 Å². The van der Waals surface area contributed by atoms with Gasteiger partial charge >= 0.3 is 5.97 Å². The third kappa shape index (κ3) is 4.27. The molecule has 0 bridgehead atoms. The molecule has 10 heteroatoms. The van der Waals surface area contributed by atoms with Gasteiger partial charge in [0, 0.05) is 23.8 Å². The van der Waals surface area contributed by atoms with Crippen LogP contribution in [0.15, 0.2) is 29.4 Å². The standard InChI is InChI=1S/C22H24ClN5O3S/c1-13-18(20(30)31-3)14(2)24-19(13)17(29)12-32-22-26-25-21(27-9-4-5-10-27)28(22)16-8-6-7-15(23)11-16/h6-8,11,24H,4-5,9-10,12H2,1-3H3. The quantitative estimate of drug-likeness (QED) is 0.312. The molecule has 1 saturated heterocycles. The Morgan fingerprint density at radius 1 is 1.22 bits per heavy atom. The molecule has 2 aromatic heterocycles. The van der Waals surface area contributed by atoms with E-state index in [0.29, 0.717) is 32.7 Å². The van der Waals surface area contributed by atoms with E-state index >= 15 is 0 Å². The number of carbonyl (C=O) groups is 2. The Morgan fingerprint density at radius 2 is 1.97 bits per heavy atom. The lowest BCUT2D eigenvalue weighted by atomic mass is 10.1. The number of ketones is 1. The summed E-state index contributed by atoms with van der Waals surface area (Å²) >= 11 is 7.54. The summed E-state index contributed by atoms with van der Waals surface area (Å²) in [5.74, 6) is 0.299. The zero-order valence-electron chi connectivity index (χ0n) is 18.1. The minimum Gasteiger partial charge on any atom is -0.465 e. The molecule has 1 N–H and O–H groups in total. The van der Waals surface area contributed by atoms with Gasteiger partial charge in [0.15, 0.2) is 10.9 Å². The van der Waals surface area contributed by atoms with Crippen LogP contribution in [0.25, 0.3) is 5.69 Å². The number of methoxy groups -OCH3 is 1. The first kappa shape index (κ1) is 22.4. The molecule has 4 rings (SSSR count). The average molecular weight is 474 g/mol. The summed E-state index contributed by atoms with van der Waals surface area (Å²) in [5, 5.41) is 10.0. The van der Waals surface area contributed by atoms with Gasteiger partial charge in [0.1, 0.15) is 0 Å². The Morgan fingerprint density at radius 3 is 2.66 bits per heavy atom. The number of aromatic nitrogens is 4. The van der Waals surface area contributed by atoms with Crippen molar-refractivity contribution in [3.05, 3.63) is 51.8 Å². The molecule has 0 spiro atoms. The summed E-state index contributed by atoms with van der Waals surface area (Å²) < 4.78 is 6.78. The minimum atomic E-state index is -0.459. The maximum atomic E-state index is 13.0. The molecule has 3 aromatic rings. The van der Waals surface area contributed by atoms with E-state index in [0.717, 1.165) is 37.6 Å². The van der Waals surface area contributed by atoms with Crippen LogP contribution < -0.4 is 4.90 Å². The van der Waals surface area contributed by atoms with E-state index in [1.54, 1.807) is 13.8 Å². The number of aryl methyl sites for hydroxylation is 1. The Kier molecular flexibility index (Phi) is 6.57. The van der Waals surface area contributed by atoms with Gasteiger partial charge in [0.2, 0.25) is 5.95 Å². The van der Waals surface area contributed by atoms with Crippen LogP contribution in [0.4, 0.5) is 5.95 Å². The van der Waals surface area contributed by atoms with Gasteiger partial charge in [0.05, 0.1) is 29.8 Å². The number of hydrogen-bond donors (Lipinski definition) is 1. The lowest BCUT2D eigenvalue weighted by Gasteiger charge is -2.18. The maximum absolute atomic E-state index is 13.0. The number of carbonyl (C=O) groups excluding carboxylic acids is 2. The van der Waals surface area contributed by atoms with Crippen LogP contribution in [-0.4, -0.2) is 57.5 Å². The van der Waals surface area contributed by atoms with Crippen molar-refractivity contribution in [1.29, 1.82) is 0 Å². The number of anilines is 1. The molecule has 0 saturated carbocycles. The molecule has 8 nitrogen and oxygen atoms in total. The fourth-order valence-corrected chi connectivity index (χ4v) is 4.96. The zero-order chi connectivity index (χ0) is 22.8. The first-order valence-electron chi connectivity index (χ1n) is 10.3. The second-order valence-electron chi connectivity index (χ2n) is 7.62. The lowest BCUT2D eigenvalue weighted by molar-refractivity contribution is 0.0599. The predicted molar refractivity (Wildman–Crippen MR) is 124 cm³/mol. The SMILES string of the molecule is COC(=O)c1c(C)[nH]c(C(=O)CSc2nnc(N3CCCC3)n2-c2cccc(Cl)c2)c1C. The lowest BCUT2D eigenvalue weighted by Crippen LogP contribution is -2.22. The van der Waals surface area contributed by atoms with Crippen molar-refractivity contribution >= 4 is 41.1 Å². The number of H-pyrrole nitrogens is 1. The molecule has 0 amide bonds. The van der Waals surface area contributed by atoms with Crippen LogP contribution in [-0.2, 0) is 4.74 Å². The number of thioether (sulfide) groups is 1. The maximum Gasteiger partial charge on any atom is 0.339 e. The highest BCUT2D eigenvalue weighted by Crippen LogP contribution is 2.30. The largest absolute Gasteiger partial charge is 0.465 e. The number of ether oxygens (including phenoxy) is 1. The van der Waals surface area contributed by atoms with Crippen molar-refractivity contribution in [2.75, 3.05) is 30.9 Å². The van der Waals surface area contributed by atoms with Gasteiger partial charge in [-0.2, -0.15) is 0 Å². The van der Waals surface area contributed by atoms with Gasteiger partial charge in [-0.15, -0.1) is 10.2 Å². The topological polar surface area (TPSA) is 93.1 Å². The van der Waals surface area contributed by atoms with Crippen molar-refractivity contribution in [3.63, 3.8) is 0 Å². The first-order valence-corrected chi connectivity index (χ1v) is 11.7. The highest BCUT2D eigenvalue weighted by molar-refractivity contribution is 7.99. The van der Waals surface area contributed by atoms with Crippen molar-refractivity contribution in [1.82, 2.24) is 19.7 Å². The fraction of sp³-hybridized carbons (Fsp3) is 0.364. The van der Waals surface area contributed by atoms with Crippen molar-refractivity contribution < 1.29 is 14.3 Å². The predicted octanol–water partition coefficient (Wildman–Crippen LogP) is 4.23. The molecule has 168 valence electrons. The number of esters is 1. The molecule has 1 aliphatic rings. The Bertz CT molecular complexity index is 1170. The number of benzene rings is 1. The monoisotopic (exact) mass is 473 g/mol. The second kappa shape index (κ2) is 9.38. The van der Waals surface area contributed by atoms with Gasteiger partial charge in [-0.25, -0.2) is 4.79 Å². The summed E-state index contributed by atoms with van der Waals surface area (Å²) in [4.78, 5) is 30.3. The molecule has 1 fully saturated rings. The Balaban J connectivity index is 1.61. The number of hydrogen-bond acceptors (Lipinski definition) is 7. The van der Waals surface area contributed by atoms with E-state index in [2.05, 4.69) is 20.1 Å². The number of aromatic amines is 1. The summed E-state index contributed by atoms with van der Waals surface area (Å²) in [6.07, 6.45) is 2.22. The molecule has 0 radical (unpaired) electrons. The van der Waals surface area contributed by atoms with Crippen LogP contribution in [0.5, 0.6) is 0 Å². The second-order valence-corrected chi connectivity index (χ2v) is 9.00. The molecule has 0 unspecified atom stereocenters. The van der Waals surface area contributed by atoms with E-state index in [9.17, 15) is 9.59 Å². The Labute approximate surface area is 195 Å². The number of rotatable bonds is 7. The van der Waals surface area contributed by atoms with E-state index in [4.69, 9.17) is 16.3 Å². The molecule has 1 aromatic carbocycles. The molecular weight excluding hydrogens is 450 g/mol. The van der Waals surface area contributed by atoms with E-state index in [1.165, 1.54) is 18.9 Å². The van der Waals surface area contributed by atoms with Gasteiger partial charge in [-0.3, -0.25) is 9.36 Å². The third-order valence-electron chi connectivity index (χ3n) is 5.51. The minimum absolute atomic E-state index is 0.130. The smallest absolute Gasteiger partial charge is 0.339 e. The number of nitrogens with zero attached hydrogens (tertiary/aromatic N) is 4. The summed E-state index contributed by atoms with van der Waals surface area (Å²) in [6, 6.07) is 7.50. The first-order chi connectivity index (χ1) is 15.4. The number of Topliss-reactive ketones (excluding diaryl/α,β-unsaturated/α-hetero) is 1. The number of halogens is 1. The van der Waals surface area contributed by atoms with Crippen molar-refractivity contribution in [2.24, 2.45) is 0 Å². The zero-order valence-corrected chi connectivity index (χ0v) is 19.7. The summed E-state index contributed by atoms with van der Waals surface area (Å²) in [5.41, 5.74) is 2.86. The Hall–Kier alpha value is -2.78. The van der Waals surface area contributed by atoms with E-state index in [1.807, 2.05) is 28.8 Å². The van der Waals surface area contributed by atoms with Crippen LogP contribution in [0.1, 0.15) is 44.9 Å². The van der Waals surface area contributed by atoms with Gasteiger partial charge in [-0.1, -0.05) is 29.4 Å². The van der Waals surface area contributed by atoms with Crippen LogP contribution in [0, 0.1) is 13.8 Å². The summed E-state index contributed by atoms with van der Waals surface area (Å²) in [7, 11) is 1.33. The van der Waals surface area contributed by atoms with Gasteiger partial charge in [-0.05, 0) is 50.5 Å². The van der Waals surface area contributed by atoms with E-state index < -0.39 is 5.97 Å². The van der Waals surface area contributed by atoms with E-state index in [-0.39, 0.29) is 11.5 Å². The van der Waals surface area contributed by atoms with Crippen LogP contribution in [0.2, 0.25) is 5.02 Å². The third-order valence-corrected chi connectivity index (χ3v) is 6.67. The highest BCUT2D eigenvalue weighted by Gasteiger charge is 2.25. The number of nitrogens with one attached hydrogen (secondary N) is 1. The fourth-order valence-electron chi connectivity index (χ4n) is 3.96. The van der Waals surface area contributed by atoms with Crippen LogP contribution in [0.3, 0.4) is 0 Å². The average Bonchev–Trinajstić information content (AvgIpc) is 3.50. The molecular formula is C22H24ClN5O3S. The normalized spacial score (nSPS) is 13.6. The van der Waals surface area contributed by atoms with Gasteiger partial charge < -0.3 is 14.6 Å². The molecule has 0 atom stereocenters. The highest BCUT2D eigenvalue weighted by atomic mass is 35.5. The van der Waals surface area contributed by atoms with Crippen molar-refractivity contribution in [3.8, 4) is 5.69 Å². The van der Waals surface area contributed by atoms with Crippen LogP contribution >= 0.6 is 23.4 Å².